The fourth-order valence-electron chi connectivity index (χ4n) is 4.31. The monoisotopic (exact) mass is 587 g/mol. The number of morpholine rings is 1. The second-order valence-electron chi connectivity index (χ2n) is 9.40. The average Bonchev–Trinajstić information content (AvgIpc) is 2.96. The molecule has 0 radical (unpaired) electrons. The molecule has 214 valence electrons. The second kappa shape index (κ2) is 12.9. The summed E-state index contributed by atoms with van der Waals surface area (Å²) in [5.41, 5.74) is 2.17. The van der Waals surface area contributed by atoms with Gasteiger partial charge in [0.15, 0.2) is 0 Å². The molecule has 3 aromatic carbocycles. The Morgan fingerprint density at radius 3 is 2.27 bits per heavy atom. The van der Waals surface area contributed by atoms with Crippen molar-refractivity contribution in [2.24, 2.45) is 0 Å². The van der Waals surface area contributed by atoms with Crippen molar-refractivity contribution in [2.75, 3.05) is 33.4 Å². The number of carbonyl (C=O) groups is 1. The number of ether oxygens (including phenoxy) is 2. The summed E-state index contributed by atoms with van der Waals surface area (Å²) < 4.78 is 66.9. The van der Waals surface area contributed by atoms with Crippen molar-refractivity contribution in [2.45, 2.75) is 35.7 Å². The zero-order chi connectivity index (χ0) is 28.8. The molecule has 0 spiro atoms. The molecular weight excluding hydrogens is 554 g/mol. The van der Waals surface area contributed by atoms with E-state index in [1.54, 1.807) is 31.2 Å². The van der Waals surface area contributed by atoms with Gasteiger partial charge in [-0.05, 0) is 54.3 Å². The molecule has 10 nitrogen and oxygen atoms in total. The molecule has 1 fully saturated rings. The van der Waals surface area contributed by atoms with Crippen LogP contribution in [0.3, 0.4) is 0 Å². The first-order valence-electron chi connectivity index (χ1n) is 12.8. The Labute approximate surface area is 235 Å². The van der Waals surface area contributed by atoms with E-state index in [9.17, 15) is 21.6 Å². The van der Waals surface area contributed by atoms with Crippen LogP contribution in [0.2, 0.25) is 0 Å². The van der Waals surface area contributed by atoms with E-state index in [2.05, 4.69) is 10.0 Å². The number of nitrogens with one attached hydrogen (secondary N) is 2. The van der Waals surface area contributed by atoms with Gasteiger partial charge in [0.05, 0.1) is 25.2 Å². The number of hydrogen-bond donors (Lipinski definition) is 2. The number of nitrogens with zero attached hydrogens (tertiary/aromatic N) is 1. The summed E-state index contributed by atoms with van der Waals surface area (Å²) in [6, 6.07) is 19.0. The Morgan fingerprint density at radius 1 is 0.950 bits per heavy atom. The minimum Gasteiger partial charge on any atom is -0.495 e. The summed E-state index contributed by atoms with van der Waals surface area (Å²) in [4.78, 5) is 13.4. The van der Waals surface area contributed by atoms with Crippen LogP contribution >= 0.6 is 0 Å². The molecule has 12 heteroatoms. The van der Waals surface area contributed by atoms with E-state index in [0.29, 0.717) is 31.9 Å². The summed E-state index contributed by atoms with van der Waals surface area (Å²) >= 11 is 0. The SMILES string of the molecule is COc1ccc(C)cc1S(=O)(=O)N[C@H](Cc1ccccc1)C(=O)NCc1ccc(S(=O)(=O)N2CCOCC2)cc1. The highest BCUT2D eigenvalue weighted by atomic mass is 32.2. The second-order valence-corrected chi connectivity index (χ2v) is 13.0. The van der Waals surface area contributed by atoms with Crippen LogP contribution in [-0.2, 0) is 42.5 Å². The Bertz CT molecular complexity index is 1520. The molecule has 1 atom stereocenters. The molecule has 1 aliphatic rings. The number of amides is 1. The number of methoxy groups -OCH3 is 1. The van der Waals surface area contributed by atoms with Gasteiger partial charge in [-0.2, -0.15) is 9.03 Å². The van der Waals surface area contributed by atoms with Gasteiger partial charge in [0, 0.05) is 19.6 Å². The van der Waals surface area contributed by atoms with E-state index in [0.717, 1.165) is 11.1 Å². The van der Waals surface area contributed by atoms with Crippen LogP contribution in [-0.4, -0.2) is 66.5 Å². The van der Waals surface area contributed by atoms with E-state index in [1.807, 2.05) is 30.3 Å². The largest absolute Gasteiger partial charge is 0.495 e. The predicted octanol–water partition coefficient (Wildman–Crippen LogP) is 2.23. The highest BCUT2D eigenvalue weighted by Crippen LogP contribution is 2.25. The number of hydrogen-bond acceptors (Lipinski definition) is 7. The van der Waals surface area contributed by atoms with Gasteiger partial charge in [0.2, 0.25) is 26.0 Å². The number of sulfonamides is 2. The zero-order valence-corrected chi connectivity index (χ0v) is 24.0. The molecular formula is C28H33N3O7S2. The maximum absolute atomic E-state index is 13.4. The standard InChI is InChI=1S/C28H33N3O7S2/c1-21-8-13-26(37-2)27(18-21)39(33,34)30-25(19-22-6-4-3-5-7-22)28(32)29-20-23-9-11-24(12-10-23)40(35,36)31-14-16-38-17-15-31/h3-13,18,25,30H,14-17,19-20H2,1-2H3,(H,29,32)/t25-/m1/s1. The number of benzene rings is 3. The first-order valence-corrected chi connectivity index (χ1v) is 15.7. The lowest BCUT2D eigenvalue weighted by Gasteiger charge is -2.26. The summed E-state index contributed by atoms with van der Waals surface area (Å²) in [5.74, 6) is -0.354. The molecule has 1 saturated heterocycles. The van der Waals surface area contributed by atoms with Crippen LogP contribution in [0.4, 0.5) is 0 Å². The van der Waals surface area contributed by atoms with Crippen LogP contribution in [0, 0.1) is 6.92 Å². The van der Waals surface area contributed by atoms with Gasteiger partial charge in [0.1, 0.15) is 16.7 Å². The summed E-state index contributed by atoms with van der Waals surface area (Å²) in [6.07, 6.45) is 0.122. The lowest BCUT2D eigenvalue weighted by Crippen LogP contribution is -2.47. The van der Waals surface area contributed by atoms with Gasteiger partial charge in [-0.1, -0.05) is 48.5 Å². The maximum atomic E-state index is 13.4. The Kier molecular flexibility index (Phi) is 9.59. The summed E-state index contributed by atoms with van der Waals surface area (Å²) in [7, 11) is -6.37. The van der Waals surface area contributed by atoms with Crippen molar-refractivity contribution < 1.29 is 31.1 Å². The topological polar surface area (TPSA) is 131 Å². The van der Waals surface area contributed by atoms with E-state index >= 15 is 0 Å². The fraction of sp³-hybridized carbons (Fsp3) is 0.321. The minimum absolute atomic E-state index is 0.0575. The van der Waals surface area contributed by atoms with E-state index < -0.39 is 32.0 Å². The van der Waals surface area contributed by atoms with Crippen LogP contribution in [0.5, 0.6) is 5.75 Å². The summed E-state index contributed by atoms with van der Waals surface area (Å²) in [6.45, 7) is 3.16. The van der Waals surface area contributed by atoms with Gasteiger partial charge < -0.3 is 14.8 Å². The fourth-order valence-corrected chi connectivity index (χ4v) is 7.17. The van der Waals surface area contributed by atoms with Crippen molar-refractivity contribution in [3.63, 3.8) is 0 Å². The third kappa shape index (κ3) is 7.26. The van der Waals surface area contributed by atoms with Gasteiger partial charge in [0.25, 0.3) is 0 Å². The molecule has 3 aromatic rings. The van der Waals surface area contributed by atoms with Gasteiger partial charge in [-0.25, -0.2) is 16.8 Å². The van der Waals surface area contributed by atoms with Crippen LogP contribution in [0.25, 0.3) is 0 Å². The molecule has 1 heterocycles. The molecule has 40 heavy (non-hydrogen) atoms. The van der Waals surface area contributed by atoms with E-state index in [4.69, 9.17) is 9.47 Å². The van der Waals surface area contributed by atoms with Crippen molar-refractivity contribution in [3.05, 3.63) is 89.5 Å². The molecule has 0 aliphatic carbocycles. The Morgan fingerprint density at radius 2 is 1.62 bits per heavy atom. The highest BCUT2D eigenvalue weighted by molar-refractivity contribution is 7.89. The molecule has 1 aliphatic heterocycles. The normalized spacial score (nSPS) is 15.3. The Hall–Kier alpha value is -3.29. The summed E-state index contributed by atoms with van der Waals surface area (Å²) in [5, 5.41) is 2.78. The van der Waals surface area contributed by atoms with Crippen LogP contribution in [0.1, 0.15) is 16.7 Å². The lowest BCUT2D eigenvalue weighted by molar-refractivity contribution is -0.122. The molecule has 0 saturated carbocycles. The van der Waals surface area contributed by atoms with Crippen molar-refractivity contribution >= 4 is 26.0 Å². The number of rotatable bonds is 11. The lowest BCUT2D eigenvalue weighted by atomic mass is 10.1. The zero-order valence-electron chi connectivity index (χ0n) is 22.4. The van der Waals surface area contributed by atoms with Crippen LogP contribution in [0.15, 0.2) is 82.6 Å². The smallest absolute Gasteiger partial charge is 0.244 e. The predicted molar refractivity (Wildman–Crippen MR) is 150 cm³/mol. The molecule has 0 unspecified atom stereocenters. The van der Waals surface area contributed by atoms with Gasteiger partial charge in [-0.15, -0.1) is 0 Å². The van der Waals surface area contributed by atoms with Gasteiger partial charge in [-0.3, -0.25) is 4.79 Å². The van der Waals surface area contributed by atoms with Crippen molar-refractivity contribution in [1.82, 2.24) is 14.3 Å². The minimum atomic E-state index is -4.12. The first-order chi connectivity index (χ1) is 19.1. The molecule has 2 N–H and O–H groups in total. The van der Waals surface area contributed by atoms with E-state index in [-0.39, 0.29) is 28.5 Å². The van der Waals surface area contributed by atoms with Crippen molar-refractivity contribution in [1.29, 1.82) is 0 Å². The van der Waals surface area contributed by atoms with Crippen molar-refractivity contribution in [3.8, 4) is 5.75 Å². The molecule has 0 aromatic heterocycles. The molecule has 4 rings (SSSR count). The first kappa shape index (κ1) is 29.7. The highest BCUT2D eigenvalue weighted by Gasteiger charge is 2.29. The van der Waals surface area contributed by atoms with Gasteiger partial charge >= 0.3 is 0 Å². The average molecular weight is 588 g/mol. The quantitative estimate of drug-likeness (QED) is 0.352. The Balaban J connectivity index is 1.49. The third-order valence-corrected chi connectivity index (χ3v) is 9.91. The number of aryl methyl sites for hydroxylation is 1. The molecule has 1 amide bonds. The van der Waals surface area contributed by atoms with Crippen LogP contribution < -0.4 is 14.8 Å². The van der Waals surface area contributed by atoms with E-state index in [1.165, 1.54) is 29.6 Å². The number of carbonyl (C=O) groups excluding carboxylic acids is 1. The maximum Gasteiger partial charge on any atom is 0.244 e. The molecule has 0 bridgehead atoms. The third-order valence-electron chi connectivity index (χ3n) is 6.50.